The van der Waals surface area contributed by atoms with Crippen LogP contribution in [0, 0.1) is 6.92 Å². The van der Waals surface area contributed by atoms with Gasteiger partial charge in [-0.25, -0.2) is 4.98 Å². The van der Waals surface area contributed by atoms with Crippen LogP contribution in [0.1, 0.15) is 21.5 Å². The number of thiophene rings is 1. The third-order valence-corrected chi connectivity index (χ3v) is 6.99. The Kier molecular flexibility index (Phi) is 7.04. The summed E-state index contributed by atoms with van der Waals surface area (Å²) in [5.74, 6) is 1.40. The minimum Gasteiger partial charge on any atom is -0.489 e. The van der Waals surface area contributed by atoms with Crippen molar-refractivity contribution in [1.82, 2.24) is 20.5 Å². The number of aliphatic hydroxyl groups excluding tert-OH is 1. The maximum absolute atomic E-state index is 12.5. The van der Waals surface area contributed by atoms with E-state index in [2.05, 4.69) is 20.5 Å². The molecule has 0 unspecified atom stereocenters. The number of nitrogens with two attached hydrogens (primary N) is 1. The van der Waals surface area contributed by atoms with Crippen molar-refractivity contribution in [2.45, 2.75) is 13.5 Å². The van der Waals surface area contributed by atoms with Crippen LogP contribution in [0.3, 0.4) is 0 Å². The number of aromatic nitrogens is 3. The third-order valence-electron chi connectivity index (χ3n) is 5.68. The highest BCUT2D eigenvalue weighted by Gasteiger charge is 2.18. The van der Waals surface area contributed by atoms with E-state index in [-0.39, 0.29) is 25.7 Å². The Hall–Kier alpha value is -3.99. The molecule has 3 heterocycles. The van der Waals surface area contributed by atoms with Crippen molar-refractivity contribution in [3.05, 3.63) is 75.8 Å². The van der Waals surface area contributed by atoms with Gasteiger partial charge in [0.05, 0.1) is 16.9 Å². The van der Waals surface area contributed by atoms with Crippen molar-refractivity contribution in [1.29, 1.82) is 0 Å². The van der Waals surface area contributed by atoms with E-state index in [0.29, 0.717) is 49.6 Å². The van der Waals surface area contributed by atoms with Crippen molar-refractivity contribution < 1.29 is 19.1 Å². The molecule has 3 aromatic heterocycles. The molecule has 0 aliphatic carbocycles. The summed E-state index contributed by atoms with van der Waals surface area (Å²) in [6.07, 6.45) is 1.45. The average molecular weight is 536 g/mol. The van der Waals surface area contributed by atoms with Gasteiger partial charge in [0.1, 0.15) is 18.2 Å². The van der Waals surface area contributed by atoms with Gasteiger partial charge in [-0.15, -0.1) is 21.5 Å². The Bertz CT molecular complexity index is 1580. The van der Waals surface area contributed by atoms with E-state index in [1.54, 1.807) is 12.1 Å². The lowest BCUT2D eigenvalue weighted by Crippen LogP contribution is -2.26. The van der Waals surface area contributed by atoms with Gasteiger partial charge in [-0.1, -0.05) is 17.7 Å². The largest absolute Gasteiger partial charge is 0.489 e. The van der Waals surface area contributed by atoms with Crippen molar-refractivity contribution in [2.24, 2.45) is 0 Å². The number of fused-ring (bicyclic) bond motifs is 1. The molecule has 11 heteroatoms. The highest BCUT2D eigenvalue weighted by Crippen LogP contribution is 2.34. The normalized spacial score (nSPS) is 11.1. The summed E-state index contributed by atoms with van der Waals surface area (Å²) in [7, 11) is 0. The maximum atomic E-state index is 12.5. The Labute approximate surface area is 220 Å². The van der Waals surface area contributed by atoms with Crippen LogP contribution < -0.4 is 15.8 Å². The minimum absolute atomic E-state index is 0.148. The smallest absolute Gasteiger partial charge is 0.254 e. The van der Waals surface area contributed by atoms with E-state index in [9.17, 15) is 4.79 Å². The van der Waals surface area contributed by atoms with E-state index >= 15 is 0 Å². The fraction of sp³-hybridized carbons (Fsp3) is 0.154. The van der Waals surface area contributed by atoms with Gasteiger partial charge in [0.2, 0.25) is 11.8 Å². The second-order valence-corrected chi connectivity index (χ2v) is 9.51. The summed E-state index contributed by atoms with van der Waals surface area (Å²) < 4.78 is 12.8. The lowest BCUT2D eigenvalue weighted by Gasteiger charge is -2.11. The SMILES string of the molecule is Cc1ccc(-c2nnc(-c3ccc(Cl)cc3)o2)cc1OCc1csc2c(C(=O)NCCO)cnc(N)c12. The Balaban J connectivity index is 1.38. The zero-order chi connectivity index (χ0) is 25.9. The molecule has 0 atom stereocenters. The highest BCUT2D eigenvalue weighted by molar-refractivity contribution is 7.17. The molecule has 0 aliphatic rings. The molecule has 0 saturated heterocycles. The number of carbonyl (C=O) groups is 1. The number of ether oxygens (including phenoxy) is 1. The number of aryl methyl sites for hydroxylation is 1. The molecular formula is C26H22ClN5O4S. The van der Waals surface area contributed by atoms with Gasteiger partial charge in [0.25, 0.3) is 5.91 Å². The summed E-state index contributed by atoms with van der Waals surface area (Å²) in [5, 5.41) is 23.2. The second kappa shape index (κ2) is 10.6. The molecule has 5 rings (SSSR count). The zero-order valence-corrected chi connectivity index (χ0v) is 21.3. The monoisotopic (exact) mass is 535 g/mol. The number of pyridine rings is 1. The Morgan fingerprint density at radius 3 is 2.65 bits per heavy atom. The topological polar surface area (TPSA) is 136 Å². The van der Waals surface area contributed by atoms with Gasteiger partial charge >= 0.3 is 0 Å². The molecule has 1 amide bonds. The highest BCUT2D eigenvalue weighted by atomic mass is 35.5. The van der Waals surface area contributed by atoms with E-state index in [1.165, 1.54) is 17.5 Å². The Morgan fingerprint density at radius 2 is 1.89 bits per heavy atom. The number of halogens is 1. The lowest BCUT2D eigenvalue weighted by atomic mass is 10.1. The Morgan fingerprint density at radius 1 is 1.16 bits per heavy atom. The van der Waals surface area contributed by atoms with Crippen LogP contribution >= 0.6 is 22.9 Å². The number of hydrogen-bond acceptors (Lipinski definition) is 9. The number of amides is 1. The van der Waals surface area contributed by atoms with Crippen LogP contribution in [0.2, 0.25) is 5.02 Å². The van der Waals surface area contributed by atoms with E-state index in [1.807, 2.05) is 42.6 Å². The van der Waals surface area contributed by atoms with Crippen LogP contribution in [0.25, 0.3) is 33.0 Å². The van der Waals surface area contributed by atoms with E-state index in [4.69, 9.17) is 31.6 Å². The van der Waals surface area contributed by atoms with Crippen LogP contribution in [0.15, 0.2) is 58.5 Å². The maximum Gasteiger partial charge on any atom is 0.254 e. The number of nitrogen functional groups attached to an aromatic ring is 1. The number of nitrogens with zero attached hydrogens (tertiary/aromatic N) is 3. The first-order valence-electron chi connectivity index (χ1n) is 11.3. The van der Waals surface area contributed by atoms with Gasteiger partial charge < -0.3 is 25.3 Å². The van der Waals surface area contributed by atoms with Gasteiger partial charge in [0, 0.05) is 39.8 Å². The molecular weight excluding hydrogens is 514 g/mol. The molecule has 0 fully saturated rings. The lowest BCUT2D eigenvalue weighted by molar-refractivity contribution is 0.0946. The first-order valence-corrected chi connectivity index (χ1v) is 12.6. The number of rotatable bonds is 8. The van der Waals surface area contributed by atoms with Crippen molar-refractivity contribution in [2.75, 3.05) is 18.9 Å². The standard InChI is InChI=1S/C26H22ClN5O4S/c1-14-2-3-16(26-32-31-25(36-26)15-4-6-18(27)7-5-15)10-20(14)35-12-17-13-37-22-19(24(34)29-8-9-33)11-30-23(28)21(17)22/h2-7,10-11,13,33H,8-9,12H2,1H3,(H2,28,30)(H,29,34). The zero-order valence-electron chi connectivity index (χ0n) is 19.7. The number of nitrogens with one attached hydrogen (secondary N) is 1. The molecule has 5 aromatic rings. The quantitative estimate of drug-likeness (QED) is 0.256. The van der Waals surface area contributed by atoms with E-state index < -0.39 is 0 Å². The first-order chi connectivity index (χ1) is 17.9. The molecule has 9 nitrogen and oxygen atoms in total. The third kappa shape index (κ3) is 5.12. The second-order valence-electron chi connectivity index (χ2n) is 8.19. The van der Waals surface area contributed by atoms with Crippen LogP contribution in [-0.4, -0.2) is 39.3 Å². The fourth-order valence-electron chi connectivity index (χ4n) is 3.76. The summed E-state index contributed by atoms with van der Waals surface area (Å²) >= 11 is 7.36. The summed E-state index contributed by atoms with van der Waals surface area (Å²) in [6, 6.07) is 12.8. The summed E-state index contributed by atoms with van der Waals surface area (Å²) in [5.41, 5.74) is 9.79. The van der Waals surface area contributed by atoms with Crippen LogP contribution in [-0.2, 0) is 6.61 Å². The molecule has 0 spiro atoms. The van der Waals surface area contributed by atoms with Gasteiger partial charge in [0.15, 0.2) is 0 Å². The van der Waals surface area contributed by atoms with Gasteiger partial charge in [-0.2, -0.15) is 0 Å². The molecule has 2 aromatic carbocycles. The molecule has 0 saturated carbocycles. The van der Waals surface area contributed by atoms with Crippen LogP contribution in [0.4, 0.5) is 5.82 Å². The summed E-state index contributed by atoms with van der Waals surface area (Å²) in [6.45, 7) is 2.17. The average Bonchev–Trinajstić information content (AvgIpc) is 3.56. The van der Waals surface area contributed by atoms with Gasteiger partial charge in [-0.3, -0.25) is 4.79 Å². The minimum atomic E-state index is -0.318. The molecule has 188 valence electrons. The number of benzene rings is 2. The van der Waals surface area contributed by atoms with Gasteiger partial charge in [-0.05, 0) is 54.3 Å². The fourth-order valence-corrected chi connectivity index (χ4v) is 4.95. The summed E-state index contributed by atoms with van der Waals surface area (Å²) in [4.78, 5) is 16.7. The predicted octanol–water partition coefficient (Wildman–Crippen LogP) is 4.86. The van der Waals surface area contributed by atoms with Crippen LogP contribution in [0.5, 0.6) is 5.75 Å². The number of hydrogen-bond donors (Lipinski definition) is 3. The van der Waals surface area contributed by atoms with Crippen molar-refractivity contribution in [3.63, 3.8) is 0 Å². The molecule has 0 bridgehead atoms. The first kappa shape index (κ1) is 24.7. The van der Waals surface area contributed by atoms with Crippen molar-refractivity contribution >= 4 is 44.7 Å². The number of aliphatic hydroxyl groups is 1. The van der Waals surface area contributed by atoms with E-state index in [0.717, 1.165) is 16.7 Å². The molecule has 0 radical (unpaired) electrons. The molecule has 4 N–H and O–H groups in total. The predicted molar refractivity (Wildman–Crippen MR) is 143 cm³/mol. The number of anilines is 1. The molecule has 37 heavy (non-hydrogen) atoms. The number of carbonyl (C=O) groups excluding carboxylic acids is 1. The molecule has 0 aliphatic heterocycles. The van der Waals surface area contributed by atoms with Crippen molar-refractivity contribution in [3.8, 4) is 28.7 Å².